The number of halogens is 1. The first kappa shape index (κ1) is 26.5. The molecule has 5 rings (SSSR count). The normalized spacial score (nSPS) is 14.2. The van der Waals surface area contributed by atoms with Gasteiger partial charge in [0.15, 0.2) is 11.5 Å². The maximum absolute atomic E-state index is 14.1. The van der Waals surface area contributed by atoms with Crippen molar-refractivity contribution < 1.29 is 28.1 Å². The molecule has 0 unspecified atom stereocenters. The summed E-state index contributed by atoms with van der Waals surface area (Å²) in [6.07, 6.45) is 1.41. The third-order valence-electron chi connectivity index (χ3n) is 6.54. The van der Waals surface area contributed by atoms with Crippen LogP contribution in [0.25, 0.3) is 0 Å². The van der Waals surface area contributed by atoms with Gasteiger partial charge in [0.2, 0.25) is 5.95 Å². The van der Waals surface area contributed by atoms with Gasteiger partial charge in [-0.25, -0.2) is 9.07 Å². The lowest BCUT2D eigenvalue weighted by atomic mass is 9.94. The summed E-state index contributed by atoms with van der Waals surface area (Å²) in [5.41, 5.74) is 2.58. The van der Waals surface area contributed by atoms with Gasteiger partial charge in [0.05, 0.1) is 32.6 Å². The molecule has 1 aliphatic heterocycles. The number of nitrogens with zero attached hydrogens (tertiary/aromatic N) is 3. The van der Waals surface area contributed by atoms with E-state index in [-0.39, 0.29) is 18.3 Å². The van der Waals surface area contributed by atoms with Crippen LogP contribution >= 0.6 is 0 Å². The number of carbonyl (C=O) groups excluding carboxylic acids is 1. The first-order valence-corrected chi connectivity index (χ1v) is 12.4. The van der Waals surface area contributed by atoms with Crippen LogP contribution in [-0.2, 0) is 11.4 Å². The van der Waals surface area contributed by atoms with Gasteiger partial charge in [-0.15, -0.1) is 0 Å². The van der Waals surface area contributed by atoms with E-state index in [0.717, 1.165) is 0 Å². The van der Waals surface area contributed by atoms with Crippen LogP contribution in [0.2, 0.25) is 0 Å². The molecule has 4 aromatic rings. The minimum absolute atomic E-state index is 0.0258. The standard InChI is InChI=1S/C29H28FN5O5/c1-17-26(28(36)34-22-14-20(37-2)10-12-23(22)38-3)27(35-29(33-17)31-16-32-35)18-9-11-24(25(13-18)39-4)40-15-19-7-5-6-8-21(19)30/h5-14,16,27H,15H2,1-4H3,(H,34,36)(H,31,32,33)/t27-/m0/s1. The highest BCUT2D eigenvalue weighted by molar-refractivity contribution is 6.06. The molecule has 1 aliphatic rings. The summed E-state index contributed by atoms with van der Waals surface area (Å²) in [4.78, 5) is 18.1. The van der Waals surface area contributed by atoms with Crippen LogP contribution in [0.5, 0.6) is 23.0 Å². The fourth-order valence-corrected chi connectivity index (χ4v) is 4.54. The molecule has 0 aliphatic carbocycles. The number of methoxy groups -OCH3 is 3. The lowest BCUT2D eigenvalue weighted by Gasteiger charge is -2.29. The lowest BCUT2D eigenvalue weighted by Crippen LogP contribution is -2.31. The second kappa shape index (κ2) is 11.4. The lowest BCUT2D eigenvalue weighted by molar-refractivity contribution is -0.113. The molecule has 0 spiro atoms. The Morgan fingerprint density at radius 2 is 1.77 bits per heavy atom. The predicted octanol–water partition coefficient (Wildman–Crippen LogP) is 4.95. The van der Waals surface area contributed by atoms with Gasteiger partial charge in [-0.2, -0.15) is 10.1 Å². The summed E-state index contributed by atoms with van der Waals surface area (Å²) in [7, 11) is 4.59. The zero-order chi connectivity index (χ0) is 28.2. The Bertz CT molecular complexity index is 1580. The first-order valence-electron chi connectivity index (χ1n) is 12.4. The van der Waals surface area contributed by atoms with E-state index in [2.05, 4.69) is 20.7 Å². The summed E-state index contributed by atoms with van der Waals surface area (Å²) in [5.74, 6) is 1.64. The van der Waals surface area contributed by atoms with E-state index < -0.39 is 6.04 Å². The van der Waals surface area contributed by atoms with Gasteiger partial charge >= 0.3 is 0 Å². The molecule has 0 saturated carbocycles. The Morgan fingerprint density at radius 3 is 2.52 bits per heavy atom. The van der Waals surface area contributed by atoms with Crippen molar-refractivity contribution in [2.24, 2.45) is 0 Å². The van der Waals surface area contributed by atoms with Crippen molar-refractivity contribution in [2.45, 2.75) is 19.6 Å². The SMILES string of the molecule is COc1ccc(OC)c(NC(=O)C2=C(C)Nc3ncnn3[C@H]2c2ccc(OCc3ccccc3F)c(OC)c2)c1. The molecule has 0 bridgehead atoms. The number of nitrogens with one attached hydrogen (secondary N) is 2. The van der Waals surface area contributed by atoms with Crippen LogP contribution in [0.15, 0.2) is 78.3 Å². The van der Waals surface area contributed by atoms with E-state index in [0.29, 0.717) is 57.0 Å². The number of aromatic nitrogens is 3. The van der Waals surface area contributed by atoms with Crippen molar-refractivity contribution in [3.63, 3.8) is 0 Å². The number of hydrogen-bond donors (Lipinski definition) is 2. The Kier molecular flexibility index (Phi) is 7.54. The van der Waals surface area contributed by atoms with Gasteiger partial charge in [0.1, 0.15) is 36.3 Å². The average molecular weight is 546 g/mol. The number of hydrogen-bond acceptors (Lipinski definition) is 8. The van der Waals surface area contributed by atoms with Gasteiger partial charge < -0.3 is 29.6 Å². The molecular formula is C29H28FN5O5. The van der Waals surface area contributed by atoms with Crippen LogP contribution in [-0.4, -0.2) is 42.0 Å². The molecule has 206 valence electrons. The quantitative estimate of drug-likeness (QED) is 0.304. The van der Waals surface area contributed by atoms with E-state index in [9.17, 15) is 9.18 Å². The summed E-state index contributed by atoms with van der Waals surface area (Å²) in [5, 5.41) is 10.5. The van der Waals surface area contributed by atoms with E-state index >= 15 is 0 Å². The Hall–Kier alpha value is -5.06. The molecule has 11 heteroatoms. The highest BCUT2D eigenvalue weighted by atomic mass is 19.1. The zero-order valence-electron chi connectivity index (χ0n) is 22.4. The molecule has 40 heavy (non-hydrogen) atoms. The fraction of sp³-hybridized carbons (Fsp3) is 0.207. The molecule has 0 fully saturated rings. The van der Waals surface area contributed by atoms with Crippen molar-refractivity contribution in [1.82, 2.24) is 14.8 Å². The fourth-order valence-electron chi connectivity index (χ4n) is 4.54. The second-order valence-corrected chi connectivity index (χ2v) is 8.91. The Balaban J connectivity index is 1.49. The number of benzene rings is 3. The maximum atomic E-state index is 14.1. The maximum Gasteiger partial charge on any atom is 0.255 e. The van der Waals surface area contributed by atoms with Gasteiger partial charge in [-0.1, -0.05) is 24.3 Å². The minimum Gasteiger partial charge on any atom is -0.497 e. The number of ether oxygens (including phenoxy) is 4. The minimum atomic E-state index is -0.648. The molecular weight excluding hydrogens is 517 g/mol. The average Bonchev–Trinajstić information content (AvgIpc) is 3.44. The largest absolute Gasteiger partial charge is 0.497 e. The number of amides is 1. The van der Waals surface area contributed by atoms with Crippen LogP contribution in [0, 0.1) is 5.82 Å². The monoisotopic (exact) mass is 545 g/mol. The molecule has 0 radical (unpaired) electrons. The number of anilines is 2. The number of fused-ring (bicyclic) bond motifs is 1. The Morgan fingerprint density at radius 1 is 1.00 bits per heavy atom. The van der Waals surface area contributed by atoms with Crippen molar-refractivity contribution in [1.29, 1.82) is 0 Å². The van der Waals surface area contributed by atoms with Crippen LogP contribution in [0.1, 0.15) is 24.1 Å². The topological polar surface area (TPSA) is 109 Å². The third kappa shape index (κ3) is 5.13. The Labute approximate surface area is 230 Å². The first-order chi connectivity index (χ1) is 19.4. The summed E-state index contributed by atoms with van der Waals surface area (Å²) >= 11 is 0. The van der Waals surface area contributed by atoms with Crippen molar-refractivity contribution >= 4 is 17.5 Å². The van der Waals surface area contributed by atoms with Gasteiger partial charge in [0, 0.05) is 17.3 Å². The van der Waals surface area contributed by atoms with Crippen LogP contribution in [0.3, 0.4) is 0 Å². The molecule has 1 aromatic heterocycles. The summed E-state index contributed by atoms with van der Waals surface area (Å²) < 4.78 is 38.0. The molecule has 2 N–H and O–H groups in total. The second-order valence-electron chi connectivity index (χ2n) is 8.91. The molecule has 2 heterocycles. The molecule has 3 aromatic carbocycles. The van der Waals surface area contributed by atoms with Crippen LogP contribution < -0.4 is 29.6 Å². The van der Waals surface area contributed by atoms with E-state index in [1.54, 1.807) is 67.2 Å². The van der Waals surface area contributed by atoms with Crippen molar-refractivity contribution in [3.05, 3.63) is 95.2 Å². The predicted molar refractivity (Wildman–Crippen MR) is 146 cm³/mol. The van der Waals surface area contributed by atoms with Gasteiger partial charge in [-0.05, 0) is 42.8 Å². The number of rotatable bonds is 9. The highest BCUT2D eigenvalue weighted by Crippen LogP contribution is 2.40. The number of carbonyl (C=O) groups is 1. The van der Waals surface area contributed by atoms with Crippen molar-refractivity contribution in [3.8, 4) is 23.0 Å². The third-order valence-corrected chi connectivity index (χ3v) is 6.54. The summed E-state index contributed by atoms with van der Waals surface area (Å²) in [6, 6.07) is 16.2. The number of allylic oxidation sites excluding steroid dienone is 1. The summed E-state index contributed by atoms with van der Waals surface area (Å²) in [6.45, 7) is 1.82. The smallest absolute Gasteiger partial charge is 0.255 e. The van der Waals surface area contributed by atoms with E-state index in [1.165, 1.54) is 26.6 Å². The van der Waals surface area contributed by atoms with Crippen molar-refractivity contribution in [2.75, 3.05) is 32.0 Å². The van der Waals surface area contributed by atoms with Gasteiger partial charge in [-0.3, -0.25) is 4.79 Å². The van der Waals surface area contributed by atoms with Crippen LogP contribution in [0.4, 0.5) is 16.0 Å². The highest BCUT2D eigenvalue weighted by Gasteiger charge is 2.34. The molecule has 1 atom stereocenters. The van der Waals surface area contributed by atoms with Gasteiger partial charge in [0.25, 0.3) is 5.91 Å². The zero-order valence-corrected chi connectivity index (χ0v) is 22.4. The molecule has 1 amide bonds. The van der Waals surface area contributed by atoms with E-state index in [1.807, 2.05) is 6.07 Å². The molecule has 10 nitrogen and oxygen atoms in total. The molecule has 0 saturated heterocycles. The van der Waals surface area contributed by atoms with E-state index in [4.69, 9.17) is 18.9 Å².